The summed E-state index contributed by atoms with van der Waals surface area (Å²) in [4.78, 5) is 42.0. The fourth-order valence-electron chi connectivity index (χ4n) is 4.33. The van der Waals surface area contributed by atoms with Crippen LogP contribution in [0.4, 0.5) is 9.18 Å². The zero-order chi connectivity index (χ0) is 24.1. The summed E-state index contributed by atoms with van der Waals surface area (Å²) in [6.45, 7) is 4.94. The summed E-state index contributed by atoms with van der Waals surface area (Å²) in [6.07, 6.45) is 1.06. The number of hydrogen-bond acceptors (Lipinski definition) is 5. The lowest BCUT2D eigenvalue weighted by Crippen LogP contribution is -2.53. The fraction of sp³-hybridized carbons (Fsp3) is 0.400. The number of urea groups is 1. The maximum absolute atomic E-state index is 13.9. The molecule has 0 unspecified atom stereocenters. The average molecular weight is 468 g/mol. The number of aryl methyl sites for hydroxylation is 1. The van der Waals surface area contributed by atoms with Crippen molar-refractivity contribution < 1.29 is 18.8 Å². The zero-order valence-electron chi connectivity index (χ0n) is 19.3. The van der Waals surface area contributed by atoms with E-state index in [4.69, 9.17) is 0 Å². The van der Waals surface area contributed by atoms with Gasteiger partial charge in [0.25, 0.3) is 11.8 Å². The van der Waals surface area contributed by atoms with Gasteiger partial charge >= 0.3 is 6.03 Å². The molecule has 0 saturated carbocycles. The molecule has 0 spiro atoms. The van der Waals surface area contributed by atoms with Crippen molar-refractivity contribution in [2.45, 2.75) is 31.8 Å². The van der Waals surface area contributed by atoms with Crippen LogP contribution in [0.2, 0.25) is 0 Å². The molecule has 8 nitrogen and oxygen atoms in total. The Labute approximate surface area is 198 Å². The molecular formula is C25H30FN5O3. The molecule has 1 atom stereocenters. The number of rotatable bonds is 8. The van der Waals surface area contributed by atoms with Crippen LogP contribution in [0, 0.1) is 5.82 Å². The minimum atomic E-state index is -1.07. The van der Waals surface area contributed by atoms with E-state index in [9.17, 15) is 18.8 Å². The van der Waals surface area contributed by atoms with Gasteiger partial charge in [-0.25, -0.2) is 9.18 Å². The second-order valence-electron chi connectivity index (χ2n) is 9.07. The number of hydrogen-bond donors (Lipinski definition) is 2. The molecule has 34 heavy (non-hydrogen) atoms. The maximum atomic E-state index is 13.9. The minimum absolute atomic E-state index is 0.0747. The molecular weight excluding hydrogens is 437 g/mol. The Morgan fingerprint density at radius 2 is 1.65 bits per heavy atom. The van der Waals surface area contributed by atoms with Crippen LogP contribution >= 0.6 is 0 Å². The van der Waals surface area contributed by atoms with Crippen molar-refractivity contribution in [3.8, 4) is 0 Å². The first-order chi connectivity index (χ1) is 16.3. The highest BCUT2D eigenvalue weighted by Crippen LogP contribution is 2.22. The van der Waals surface area contributed by atoms with Crippen molar-refractivity contribution in [2.24, 2.45) is 0 Å². The third-order valence-corrected chi connectivity index (χ3v) is 6.44. The van der Waals surface area contributed by atoms with Crippen LogP contribution in [0.1, 0.15) is 24.5 Å². The standard InChI is InChI=1S/C25H30FN5O3/c1-25(12-11-19-7-3-2-4-8-19)23(33)31(24(34)27-25)28-22(32)18-30-15-13-29(14-16-30)17-20-9-5-6-10-21(20)26/h2-10H,11-18H2,1H3,(H,27,34)(H,28,32)/t25-/m0/s1. The largest absolute Gasteiger partial charge is 0.344 e. The molecule has 9 heteroatoms. The van der Waals surface area contributed by atoms with Crippen molar-refractivity contribution in [3.05, 3.63) is 71.5 Å². The zero-order valence-corrected chi connectivity index (χ0v) is 19.3. The number of carbonyl (C=O) groups is 3. The topological polar surface area (TPSA) is 85.0 Å². The second kappa shape index (κ2) is 10.3. The molecule has 0 aliphatic carbocycles. The third kappa shape index (κ3) is 5.60. The summed E-state index contributed by atoms with van der Waals surface area (Å²) >= 11 is 0. The van der Waals surface area contributed by atoms with Crippen molar-refractivity contribution >= 4 is 17.8 Å². The number of carbonyl (C=O) groups excluding carboxylic acids is 3. The van der Waals surface area contributed by atoms with Crippen molar-refractivity contribution in [3.63, 3.8) is 0 Å². The van der Waals surface area contributed by atoms with Crippen LogP contribution in [-0.4, -0.2) is 70.9 Å². The Morgan fingerprint density at radius 3 is 2.35 bits per heavy atom. The number of piperazine rings is 1. The van der Waals surface area contributed by atoms with E-state index in [0.29, 0.717) is 51.1 Å². The molecule has 2 aliphatic heterocycles. The van der Waals surface area contributed by atoms with E-state index >= 15 is 0 Å². The maximum Gasteiger partial charge on any atom is 0.344 e. The Hall–Kier alpha value is -3.30. The molecule has 4 rings (SSSR count). The Kier molecular flexibility index (Phi) is 7.23. The number of hydrazine groups is 1. The average Bonchev–Trinajstić information content (AvgIpc) is 3.04. The number of nitrogens with one attached hydrogen (secondary N) is 2. The van der Waals surface area contributed by atoms with Gasteiger partial charge in [-0.15, -0.1) is 0 Å². The number of nitrogens with zero attached hydrogens (tertiary/aromatic N) is 3. The lowest BCUT2D eigenvalue weighted by Gasteiger charge is -2.34. The van der Waals surface area contributed by atoms with E-state index in [2.05, 4.69) is 15.6 Å². The van der Waals surface area contributed by atoms with Gasteiger partial charge < -0.3 is 5.32 Å². The number of amides is 4. The summed E-state index contributed by atoms with van der Waals surface area (Å²) in [5.41, 5.74) is 3.12. The monoisotopic (exact) mass is 467 g/mol. The van der Waals surface area contributed by atoms with Crippen molar-refractivity contribution in [1.82, 2.24) is 25.6 Å². The molecule has 2 saturated heterocycles. The van der Waals surface area contributed by atoms with Crippen molar-refractivity contribution in [1.29, 1.82) is 0 Å². The van der Waals surface area contributed by atoms with Crippen LogP contribution in [0.5, 0.6) is 0 Å². The van der Waals surface area contributed by atoms with Gasteiger partial charge in [0.05, 0.1) is 6.54 Å². The van der Waals surface area contributed by atoms with Crippen LogP contribution in [0.15, 0.2) is 54.6 Å². The van der Waals surface area contributed by atoms with Gasteiger partial charge in [0.1, 0.15) is 11.4 Å². The quantitative estimate of drug-likeness (QED) is 0.580. The van der Waals surface area contributed by atoms with Crippen molar-refractivity contribution in [2.75, 3.05) is 32.7 Å². The number of halogens is 1. The molecule has 2 heterocycles. The summed E-state index contributed by atoms with van der Waals surface area (Å²) in [7, 11) is 0. The molecule has 4 amide bonds. The number of imide groups is 1. The Balaban J connectivity index is 1.24. The SMILES string of the molecule is C[C@@]1(CCc2ccccc2)NC(=O)N(NC(=O)CN2CCN(Cc3ccccc3F)CC2)C1=O. The number of benzene rings is 2. The van der Waals surface area contributed by atoms with Gasteiger partial charge in [0.2, 0.25) is 0 Å². The summed E-state index contributed by atoms with van der Waals surface area (Å²) in [5.74, 6) is -1.09. The molecule has 2 aromatic carbocycles. The van der Waals surface area contributed by atoms with Crippen LogP contribution in [0.3, 0.4) is 0 Å². The molecule has 2 aliphatic rings. The smallest absolute Gasteiger partial charge is 0.322 e. The lowest BCUT2D eigenvalue weighted by atomic mass is 9.93. The van der Waals surface area contributed by atoms with Gasteiger partial charge in [-0.05, 0) is 31.4 Å². The van der Waals surface area contributed by atoms with E-state index < -0.39 is 23.4 Å². The third-order valence-electron chi connectivity index (χ3n) is 6.44. The van der Waals surface area contributed by atoms with E-state index in [1.54, 1.807) is 19.1 Å². The first-order valence-corrected chi connectivity index (χ1v) is 11.5. The normalized spacial score (nSPS) is 21.5. The fourth-order valence-corrected chi connectivity index (χ4v) is 4.33. The summed E-state index contributed by atoms with van der Waals surface area (Å²) in [6, 6.07) is 15.8. The highest BCUT2D eigenvalue weighted by Gasteiger charge is 2.48. The molecule has 0 bridgehead atoms. The summed E-state index contributed by atoms with van der Waals surface area (Å²) < 4.78 is 13.9. The highest BCUT2D eigenvalue weighted by molar-refractivity contribution is 6.07. The molecule has 2 aromatic rings. The van der Waals surface area contributed by atoms with Gasteiger partial charge in [-0.3, -0.25) is 24.8 Å². The first kappa shape index (κ1) is 23.8. The highest BCUT2D eigenvalue weighted by atomic mass is 19.1. The van der Waals surface area contributed by atoms with E-state index in [-0.39, 0.29) is 12.4 Å². The molecule has 2 N–H and O–H groups in total. The first-order valence-electron chi connectivity index (χ1n) is 11.5. The Morgan fingerprint density at radius 1 is 1.00 bits per heavy atom. The van der Waals surface area contributed by atoms with Crippen LogP contribution in [-0.2, 0) is 22.6 Å². The lowest BCUT2D eigenvalue weighted by molar-refractivity contribution is -0.139. The van der Waals surface area contributed by atoms with Crippen LogP contribution < -0.4 is 10.7 Å². The predicted molar refractivity (Wildman–Crippen MR) is 125 cm³/mol. The Bertz CT molecular complexity index is 1040. The van der Waals surface area contributed by atoms with Crippen LogP contribution in [0.25, 0.3) is 0 Å². The van der Waals surface area contributed by atoms with Gasteiger partial charge in [0.15, 0.2) is 0 Å². The van der Waals surface area contributed by atoms with E-state index in [0.717, 1.165) is 10.6 Å². The molecule has 180 valence electrons. The summed E-state index contributed by atoms with van der Waals surface area (Å²) in [5, 5.41) is 3.51. The second-order valence-corrected chi connectivity index (χ2v) is 9.07. The minimum Gasteiger partial charge on any atom is -0.322 e. The van der Waals surface area contributed by atoms with Gasteiger partial charge in [0, 0.05) is 38.3 Å². The predicted octanol–water partition coefficient (Wildman–Crippen LogP) is 1.92. The van der Waals surface area contributed by atoms with Gasteiger partial charge in [-0.2, -0.15) is 5.01 Å². The molecule has 2 fully saturated rings. The van der Waals surface area contributed by atoms with Gasteiger partial charge in [-0.1, -0.05) is 48.5 Å². The van der Waals surface area contributed by atoms with E-state index in [1.165, 1.54) is 6.07 Å². The molecule has 0 aromatic heterocycles. The van der Waals surface area contributed by atoms with E-state index in [1.807, 2.05) is 41.3 Å². The molecule has 0 radical (unpaired) electrons.